The van der Waals surface area contributed by atoms with E-state index in [9.17, 15) is 33.6 Å². The first-order chi connectivity index (χ1) is 25.1. The van der Waals surface area contributed by atoms with Crippen molar-refractivity contribution in [2.75, 3.05) is 26.2 Å². The number of unbranched alkanes of at least 4 members (excludes halogenated alkanes) is 1. The van der Waals surface area contributed by atoms with Crippen LogP contribution in [0.2, 0.25) is 0 Å². The van der Waals surface area contributed by atoms with Crippen molar-refractivity contribution in [3.8, 4) is 0 Å². The summed E-state index contributed by atoms with van der Waals surface area (Å²) in [4.78, 5) is 93.3. The van der Waals surface area contributed by atoms with Gasteiger partial charge in [0.05, 0.1) is 36.9 Å². The van der Waals surface area contributed by atoms with Gasteiger partial charge < -0.3 is 41.0 Å². The van der Waals surface area contributed by atoms with Crippen LogP contribution in [0.15, 0.2) is 30.3 Å². The maximum absolute atomic E-state index is 14.2. The minimum absolute atomic E-state index is 0.0541. The minimum Gasteiger partial charge on any atom is -0.449 e. The van der Waals surface area contributed by atoms with Crippen molar-refractivity contribution in [3.05, 3.63) is 35.9 Å². The summed E-state index contributed by atoms with van der Waals surface area (Å²) in [5.41, 5.74) is -0.635. The number of amides is 6. The molecule has 15 nitrogen and oxygen atoms in total. The highest BCUT2D eigenvalue weighted by Gasteiger charge is 2.47. The third-order valence-electron chi connectivity index (χ3n) is 8.50. The number of likely N-dealkylation sites (tertiary alicyclic amines) is 1. The van der Waals surface area contributed by atoms with Crippen LogP contribution in [0.1, 0.15) is 107 Å². The van der Waals surface area contributed by atoms with Crippen molar-refractivity contribution in [1.29, 1.82) is 0 Å². The van der Waals surface area contributed by atoms with Gasteiger partial charge in [-0.2, -0.15) is 0 Å². The molecular weight excluding hydrogens is 696 g/mol. The molecule has 1 aromatic carbocycles. The van der Waals surface area contributed by atoms with Gasteiger partial charge in [-0.1, -0.05) is 84.7 Å². The molecule has 5 atom stereocenters. The average Bonchev–Trinajstić information content (AvgIpc) is 3.50. The van der Waals surface area contributed by atoms with Crippen molar-refractivity contribution >= 4 is 41.4 Å². The number of hydrogen-bond acceptors (Lipinski definition) is 9. The average molecular weight is 759 g/mol. The molecule has 0 bridgehead atoms. The van der Waals surface area contributed by atoms with Crippen molar-refractivity contribution < 1.29 is 43.0 Å². The lowest BCUT2D eigenvalue weighted by Crippen LogP contribution is -2.59. The van der Waals surface area contributed by atoms with E-state index in [1.54, 1.807) is 45.0 Å². The van der Waals surface area contributed by atoms with Crippen molar-refractivity contribution in [1.82, 2.24) is 31.5 Å². The number of carbonyl (C=O) groups excluding carboxylic acids is 7. The summed E-state index contributed by atoms with van der Waals surface area (Å²) in [6.07, 6.45) is 0.141. The highest BCUT2D eigenvalue weighted by molar-refractivity contribution is 6.38. The molecule has 0 spiro atoms. The summed E-state index contributed by atoms with van der Waals surface area (Å²) in [5, 5.41) is 13.2. The zero-order chi connectivity index (χ0) is 40.8. The summed E-state index contributed by atoms with van der Waals surface area (Å²) in [6.45, 7) is 17.8. The van der Waals surface area contributed by atoms with Crippen LogP contribution in [0, 0.1) is 11.3 Å². The van der Waals surface area contributed by atoms with Gasteiger partial charge >= 0.3 is 6.09 Å². The summed E-state index contributed by atoms with van der Waals surface area (Å²) < 4.78 is 11.5. The molecule has 1 aromatic rings. The Bertz CT molecular complexity index is 1450. The first kappa shape index (κ1) is 45.6. The molecule has 1 heterocycles. The molecule has 5 N–H and O–H groups in total. The number of ketones is 1. The van der Waals surface area contributed by atoms with Crippen LogP contribution in [-0.2, 0) is 38.2 Å². The highest BCUT2D eigenvalue weighted by Crippen LogP contribution is 2.29. The van der Waals surface area contributed by atoms with Crippen LogP contribution < -0.4 is 26.6 Å². The van der Waals surface area contributed by atoms with Crippen molar-refractivity contribution in [2.24, 2.45) is 11.3 Å². The standard InChI is InChI=1S/C39H62N6O9/c1-11-12-18-28(32(48)35(50)41-21-31(47)42-29(20-40-25(4)46)26-16-14-13-15-17-26)43-34(49)30-19-27(54-39(8,9)10)22-45(30)36(51)33(38(5,6)7)44-37(52)53-23-24(2)3/h13-17,24,27-30,33H,11-12,18-23H2,1-10H3,(H,40,46)(H,41,50)(H,42,47)(H,43,49)(H,44,52). The highest BCUT2D eigenvalue weighted by atomic mass is 16.5. The van der Waals surface area contributed by atoms with E-state index in [1.807, 2.05) is 47.6 Å². The van der Waals surface area contributed by atoms with Gasteiger partial charge in [-0.25, -0.2) is 4.79 Å². The van der Waals surface area contributed by atoms with Crippen LogP contribution in [-0.4, -0.2) is 102 Å². The molecule has 1 fully saturated rings. The second kappa shape index (κ2) is 20.8. The maximum atomic E-state index is 14.2. The first-order valence-electron chi connectivity index (χ1n) is 18.8. The number of nitrogens with one attached hydrogen (secondary N) is 5. The zero-order valence-corrected chi connectivity index (χ0v) is 33.6. The minimum atomic E-state index is -1.24. The number of nitrogens with zero attached hydrogens (tertiary/aromatic N) is 1. The number of rotatable bonds is 18. The molecule has 1 aliphatic heterocycles. The van der Waals surface area contributed by atoms with Gasteiger partial charge in [-0.15, -0.1) is 0 Å². The van der Waals surface area contributed by atoms with Gasteiger partial charge in [0, 0.05) is 26.4 Å². The fourth-order valence-electron chi connectivity index (χ4n) is 5.87. The monoisotopic (exact) mass is 758 g/mol. The lowest BCUT2D eigenvalue weighted by Gasteiger charge is -2.35. The molecule has 1 aliphatic rings. The van der Waals surface area contributed by atoms with E-state index in [-0.39, 0.29) is 44.4 Å². The molecule has 2 rings (SSSR count). The molecule has 5 unspecified atom stereocenters. The molecule has 302 valence electrons. The fourth-order valence-corrected chi connectivity index (χ4v) is 5.87. The number of ether oxygens (including phenoxy) is 2. The van der Waals surface area contributed by atoms with Gasteiger partial charge in [-0.05, 0) is 44.1 Å². The molecule has 0 aromatic heterocycles. The van der Waals surface area contributed by atoms with E-state index in [1.165, 1.54) is 11.8 Å². The third-order valence-corrected chi connectivity index (χ3v) is 8.50. The molecule has 15 heteroatoms. The number of carbonyl (C=O) groups is 7. The molecule has 1 saturated heterocycles. The van der Waals surface area contributed by atoms with Gasteiger partial charge in [0.25, 0.3) is 5.91 Å². The topological polar surface area (TPSA) is 201 Å². The quantitative estimate of drug-likeness (QED) is 0.140. The molecule has 0 saturated carbocycles. The smallest absolute Gasteiger partial charge is 0.407 e. The van der Waals surface area contributed by atoms with E-state index < -0.39 is 83.3 Å². The Labute approximate surface area is 319 Å². The summed E-state index contributed by atoms with van der Waals surface area (Å²) in [5.74, 6) is -3.96. The fraction of sp³-hybridized carbons (Fsp3) is 0.667. The third kappa shape index (κ3) is 15.4. The Kier molecular flexibility index (Phi) is 17.6. The lowest BCUT2D eigenvalue weighted by molar-refractivity contribution is -0.144. The SMILES string of the molecule is CCCCC(NC(=O)C1CC(OC(C)(C)C)CN1C(=O)C(NC(=O)OCC(C)C)C(C)(C)C)C(=O)C(=O)NCC(=O)NC(CNC(C)=O)c1ccccc1. The zero-order valence-electron chi connectivity index (χ0n) is 33.6. The molecule has 0 aliphatic carbocycles. The first-order valence-corrected chi connectivity index (χ1v) is 18.8. The predicted octanol–water partition coefficient (Wildman–Crippen LogP) is 2.92. The van der Waals surface area contributed by atoms with Crippen molar-refractivity contribution in [3.63, 3.8) is 0 Å². The molecule has 0 radical (unpaired) electrons. The van der Waals surface area contributed by atoms with Gasteiger partial charge in [0.1, 0.15) is 12.1 Å². The Morgan fingerprint density at radius 3 is 2.11 bits per heavy atom. The Balaban J connectivity index is 2.24. The van der Waals surface area contributed by atoms with Crippen molar-refractivity contribution in [2.45, 2.75) is 131 Å². The van der Waals surface area contributed by atoms with E-state index in [4.69, 9.17) is 9.47 Å². The Morgan fingerprint density at radius 1 is 0.907 bits per heavy atom. The Morgan fingerprint density at radius 2 is 1.56 bits per heavy atom. The molecule has 54 heavy (non-hydrogen) atoms. The molecular formula is C39H62N6O9. The van der Waals surface area contributed by atoms with Crippen LogP contribution in [0.5, 0.6) is 0 Å². The number of Topliss-reactive ketones (excluding diaryl/α,β-unsaturated/α-hetero) is 1. The number of hydrogen-bond donors (Lipinski definition) is 5. The van der Waals surface area contributed by atoms with Crippen LogP contribution in [0.4, 0.5) is 4.79 Å². The summed E-state index contributed by atoms with van der Waals surface area (Å²) in [6, 6.07) is 5.00. The van der Waals surface area contributed by atoms with Gasteiger partial charge in [0.15, 0.2) is 0 Å². The van der Waals surface area contributed by atoms with E-state index in [2.05, 4.69) is 26.6 Å². The predicted molar refractivity (Wildman–Crippen MR) is 203 cm³/mol. The van der Waals surface area contributed by atoms with E-state index >= 15 is 0 Å². The number of alkyl carbamates (subject to hydrolysis) is 1. The van der Waals surface area contributed by atoms with E-state index in [0.717, 1.165) is 5.56 Å². The normalized spacial score (nSPS) is 17.5. The van der Waals surface area contributed by atoms with Gasteiger partial charge in [-0.3, -0.25) is 28.8 Å². The summed E-state index contributed by atoms with van der Waals surface area (Å²) >= 11 is 0. The second-order valence-corrected chi connectivity index (χ2v) is 16.2. The second-order valence-electron chi connectivity index (χ2n) is 16.2. The summed E-state index contributed by atoms with van der Waals surface area (Å²) in [7, 11) is 0. The van der Waals surface area contributed by atoms with E-state index in [0.29, 0.717) is 12.8 Å². The lowest BCUT2D eigenvalue weighted by atomic mass is 9.85. The largest absolute Gasteiger partial charge is 0.449 e. The van der Waals surface area contributed by atoms with Crippen LogP contribution >= 0.6 is 0 Å². The van der Waals surface area contributed by atoms with Gasteiger partial charge in [0.2, 0.25) is 29.4 Å². The maximum Gasteiger partial charge on any atom is 0.407 e. The molecule has 6 amide bonds. The van der Waals surface area contributed by atoms with Crippen LogP contribution in [0.25, 0.3) is 0 Å². The van der Waals surface area contributed by atoms with Crippen LogP contribution in [0.3, 0.4) is 0 Å². The number of benzene rings is 1. The Hall–Kier alpha value is -4.53.